The smallest absolute Gasteiger partial charge is 0.349 e. The Balaban J connectivity index is 1.78. The Morgan fingerprint density at radius 3 is 2.17 bits per heavy atom. The van der Waals surface area contributed by atoms with E-state index in [2.05, 4.69) is 21.3 Å². The van der Waals surface area contributed by atoms with Crippen LogP contribution in [-0.2, 0) is 12.1 Å². The third-order valence-electron chi connectivity index (χ3n) is 6.04. The number of pyridine rings is 1. The summed E-state index contributed by atoms with van der Waals surface area (Å²) in [5, 5.41) is 5.32. The Morgan fingerprint density at radius 2 is 1.65 bits per heavy atom. The summed E-state index contributed by atoms with van der Waals surface area (Å²) in [4.78, 5) is 17.0. The summed E-state index contributed by atoms with van der Waals surface area (Å²) in [7, 11) is 0. The monoisotopic (exact) mass is 626 g/mol. The summed E-state index contributed by atoms with van der Waals surface area (Å²) >= 11 is 18.3. The molecule has 3 aromatic rings. The third kappa shape index (κ3) is 5.60. The van der Waals surface area contributed by atoms with Gasteiger partial charge in [-0.25, -0.2) is 14.1 Å². The van der Waals surface area contributed by atoms with E-state index in [1.807, 2.05) is 0 Å². The fraction of sp³-hybridized carbons (Fsp3) is 0.320. The summed E-state index contributed by atoms with van der Waals surface area (Å²) in [6, 6.07) is 1.87. The number of nitrogens with zero attached hydrogens (tertiary/aromatic N) is 3. The van der Waals surface area contributed by atoms with E-state index in [9.17, 15) is 35.5 Å². The first-order valence-corrected chi connectivity index (χ1v) is 12.5. The van der Waals surface area contributed by atoms with Crippen molar-refractivity contribution in [2.24, 2.45) is 0 Å². The van der Waals surface area contributed by atoms with E-state index in [-0.39, 0.29) is 47.4 Å². The Bertz CT molecular complexity index is 1470. The van der Waals surface area contributed by atoms with Gasteiger partial charge < -0.3 is 5.32 Å². The molecule has 4 rings (SSSR count). The number of carbonyl (C=O) groups is 1. The average Bonchev–Trinajstić information content (AvgIpc) is 3.53. The molecule has 15 heteroatoms. The zero-order chi connectivity index (χ0) is 29.6. The van der Waals surface area contributed by atoms with Gasteiger partial charge in [-0.05, 0) is 31.0 Å². The second-order valence-electron chi connectivity index (χ2n) is 8.89. The molecule has 0 unspecified atom stereocenters. The van der Waals surface area contributed by atoms with E-state index in [0.29, 0.717) is 16.8 Å². The molecule has 0 atom stereocenters. The topological polar surface area (TPSA) is 59.8 Å². The predicted molar refractivity (Wildman–Crippen MR) is 134 cm³/mol. The molecule has 0 spiro atoms. The van der Waals surface area contributed by atoms with Crippen LogP contribution in [0.2, 0.25) is 15.2 Å². The van der Waals surface area contributed by atoms with Gasteiger partial charge in [-0.3, -0.25) is 4.79 Å². The van der Waals surface area contributed by atoms with Gasteiger partial charge in [-0.15, -0.1) is 12.3 Å². The molecule has 1 fully saturated rings. The van der Waals surface area contributed by atoms with E-state index in [4.69, 9.17) is 41.2 Å². The molecule has 0 aliphatic heterocycles. The van der Waals surface area contributed by atoms with Crippen molar-refractivity contribution in [2.45, 2.75) is 49.7 Å². The minimum atomic E-state index is -6.35. The summed E-state index contributed by atoms with van der Waals surface area (Å²) in [5.41, 5.74) is -6.71. The zero-order valence-electron chi connectivity index (χ0n) is 19.9. The highest BCUT2D eigenvalue weighted by Gasteiger charge is 2.73. The van der Waals surface area contributed by atoms with Crippen LogP contribution in [0, 0.1) is 12.3 Å². The first-order valence-electron chi connectivity index (χ1n) is 11.4. The van der Waals surface area contributed by atoms with Gasteiger partial charge in [-0.2, -0.15) is 31.4 Å². The number of terminal acetylenes is 1. The fourth-order valence-electron chi connectivity index (χ4n) is 3.86. The van der Waals surface area contributed by atoms with Crippen LogP contribution in [0.15, 0.2) is 30.6 Å². The van der Waals surface area contributed by atoms with Crippen molar-refractivity contribution in [3.05, 3.63) is 62.6 Å². The minimum absolute atomic E-state index is 0.0286. The van der Waals surface area contributed by atoms with Gasteiger partial charge in [0.1, 0.15) is 10.8 Å². The van der Waals surface area contributed by atoms with Gasteiger partial charge in [0.25, 0.3) is 5.91 Å². The van der Waals surface area contributed by atoms with Crippen molar-refractivity contribution in [1.29, 1.82) is 0 Å². The molecule has 1 aromatic carbocycles. The lowest BCUT2D eigenvalue weighted by molar-refractivity contribution is -0.348. The van der Waals surface area contributed by atoms with E-state index in [0.717, 1.165) is 17.5 Å². The van der Waals surface area contributed by atoms with Crippen molar-refractivity contribution in [2.75, 3.05) is 0 Å². The number of carbonyl (C=O) groups excluding carboxylic acids is 1. The highest BCUT2D eigenvalue weighted by Crippen LogP contribution is 2.54. The van der Waals surface area contributed by atoms with Crippen molar-refractivity contribution in [3.8, 4) is 29.2 Å². The van der Waals surface area contributed by atoms with Crippen LogP contribution in [0.4, 0.5) is 30.7 Å². The van der Waals surface area contributed by atoms with Gasteiger partial charge in [0.15, 0.2) is 0 Å². The molecule has 1 N–H and O–H groups in total. The number of benzene rings is 1. The van der Waals surface area contributed by atoms with Gasteiger partial charge in [0.05, 0.1) is 27.5 Å². The van der Waals surface area contributed by atoms with Crippen LogP contribution in [0.3, 0.4) is 0 Å². The summed E-state index contributed by atoms with van der Waals surface area (Å²) < 4.78 is 94.9. The first-order chi connectivity index (χ1) is 18.6. The zero-order valence-corrected chi connectivity index (χ0v) is 22.2. The van der Waals surface area contributed by atoms with E-state index >= 15 is 0 Å². The number of halogens is 10. The maximum Gasteiger partial charge on any atom is 0.435 e. The highest BCUT2D eigenvalue weighted by atomic mass is 35.5. The molecule has 212 valence electrons. The maximum atomic E-state index is 14.6. The van der Waals surface area contributed by atoms with Crippen LogP contribution in [0.25, 0.3) is 16.8 Å². The lowest BCUT2D eigenvalue weighted by atomic mass is 9.94. The summed E-state index contributed by atoms with van der Waals surface area (Å²) in [5.74, 6) is 2.01. The van der Waals surface area contributed by atoms with Gasteiger partial charge in [0, 0.05) is 41.8 Å². The number of aryl methyl sites for hydroxylation is 1. The number of nitrogens with one attached hydrogen (secondary N) is 1. The normalized spacial score (nSPS) is 14.2. The maximum absolute atomic E-state index is 14.6. The quantitative estimate of drug-likeness (QED) is 0.166. The number of hydrogen-bond acceptors (Lipinski definition) is 3. The lowest BCUT2D eigenvalue weighted by Crippen LogP contribution is -2.50. The van der Waals surface area contributed by atoms with Crippen molar-refractivity contribution in [3.63, 3.8) is 0 Å². The molecule has 40 heavy (non-hydrogen) atoms. The van der Waals surface area contributed by atoms with E-state index in [1.54, 1.807) is 0 Å². The Morgan fingerprint density at radius 1 is 1.05 bits per heavy atom. The van der Waals surface area contributed by atoms with Crippen molar-refractivity contribution in [1.82, 2.24) is 20.1 Å². The Labute approximate surface area is 237 Å². The minimum Gasteiger partial charge on any atom is -0.349 e. The molecule has 1 aliphatic rings. The Hall–Kier alpha value is -3.01. The fourth-order valence-corrected chi connectivity index (χ4v) is 4.77. The molecule has 0 bridgehead atoms. The second-order valence-corrected chi connectivity index (χ2v) is 10.1. The van der Waals surface area contributed by atoms with Crippen LogP contribution in [0.5, 0.6) is 0 Å². The standard InChI is InChI=1S/C25H16Cl3F7N4O/c1-2-3-4-19-15(9-16(21(28)38-19)22(40)37-14-5-6-14)12-10-36-39(11-12)20-17(26)7-13(8-18(20)27)23(29,24(30,31)32)25(33,34)35/h1,7-11,14H,3-6H2,(H,37,40). The highest BCUT2D eigenvalue weighted by molar-refractivity contribution is 6.38. The van der Waals surface area contributed by atoms with Gasteiger partial charge >= 0.3 is 18.0 Å². The number of hydrogen-bond donors (Lipinski definition) is 1. The molecular formula is C25H16Cl3F7N4O. The van der Waals surface area contributed by atoms with E-state index in [1.165, 1.54) is 18.5 Å². The third-order valence-corrected chi connectivity index (χ3v) is 6.90. The van der Waals surface area contributed by atoms with Crippen molar-refractivity contribution < 1.29 is 35.5 Å². The lowest BCUT2D eigenvalue weighted by Gasteiger charge is -2.30. The largest absolute Gasteiger partial charge is 0.435 e. The molecule has 1 aliphatic carbocycles. The summed E-state index contributed by atoms with van der Waals surface area (Å²) in [6.45, 7) is 0. The van der Waals surface area contributed by atoms with Crippen LogP contribution >= 0.6 is 34.8 Å². The van der Waals surface area contributed by atoms with Gasteiger partial charge in [-0.1, -0.05) is 34.8 Å². The predicted octanol–water partition coefficient (Wildman–Crippen LogP) is 7.64. The molecule has 1 amide bonds. The summed E-state index contributed by atoms with van der Waals surface area (Å²) in [6.07, 6.45) is -2.58. The number of amides is 1. The van der Waals surface area contributed by atoms with Crippen molar-refractivity contribution >= 4 is 40.7 Å². The molecule has 0 radical (unpaired) electrons. The van der Waals surface area contributed by atoms with Crippen LogP contribution in [-0.4, -0.2) is 39.1 Å². The molecule has 2 heterocycles. The molecular weight excluding hydrogens is 612 g/mol. The molecule has 2 aromatic heterocycles. The van der Waals surface area contributed by atoms with Gasteiger partial charge in [0.2, 0.25) is 0 Å². The number of rotatable bonds is 7. The first kappa shape index (κ1) is 30.0. The molecule has 1 saturated carbocycles. The molecule has 0 saturated heterocycles. The average molecular weight is 628 g/mol. The molecule has 5 nitrogen and oxygen atoms in total. The van der Waals surface area contributed by atoms with Crippen LogP contribution in [0.1, 0.15) is 40.9 Å². The van der Waals surface area contributed by atoms with E-state index < -0.39 is 39.5 Å². The second kappa shape index (κ2) is 10.8. The van der Waals surface area contributed by atoms with Crippen LogP contribution < -0.4 is 5.32 Å². The number of aromatic nitrogens is 3. The Kier molecular flexibility index (Phi) is 8.06. The SMILES string of the molecule is C#CCCc1nc(Cl)c(C(=O)NC2CC2)cc1-c1cnn(-c2c(Cl)cc(C(F)(C(F)(F)F)C(F)(F)F)cc2Cl)c1. The number of alkyl halides is 7.